The molecule has 4 heteroatoms. The molecule has 0 amide bonds. The number of Topliss-reactive ketones (excluding diaryl/α,β-unsaturated/α-hetero) is 1. The Morgan fingerprint density at radius 3 is 2.63 bits per heavy atom. The molecule has 0 saturated carbocycles. The van der Waals surface area contributed by atoms with Gasteiger partial charge < -0.3 is 5.73 Å². The number of hydrogen-bond donors (Lipinski definition) is 1. The minimum absolute atomic E-state index is 0.0346. The van der Waals surface area contributed by atoms with Crippen molar-refractivity contribution in [3.05, 3.63) is 62.6 Å². The average molecular weight is 339 g/mol. The second-order valence-electron chi connectivity index (χ2n) is 4.41. The third kappa shape index (κ3) is 3.37. The molecular weight excluding hydrogens is 326 g/mol. The van der Waals surface area contributed by atoms with Gasteiger partial charge in [-0.05, 0) is 48.4 Å². The summed E-state index contributed by atoms with van der Waals surface area (Å²) >= 11 is 9.46. The first-order chi connectivity index (χ1) is 8.97. The molecule has 0 radical (unpaired) electrons. The Labute approximate surface area is 125 Å². The lowest BCUT2D eigenvalue weighted by Gasteiger charge is -2.06. The van der Waals surface area contributed by atoms with Crippen molar-refractivity contribution < 1.29 is 4.79 Å². The van der Waals surface area contributed by atoms with Gasteiger partial charge in [-0.1, -0.05) is 33.6 Å². The van der Waals surface area contributed by atoms with Crippen molar-refractivity contribution in [2.45, 2.75) is 13.3 Å². The first-order valence-corrected chi connectivity index (χ1v) is 6.97. The van der Waals surface area contributed by atoms with Crippen LogP contribution in [0.15, 0.2) is 40.9 Å². The van der Waals surface area contributed by atoms with Crippen molar-refractivity contribution in [3.63, 3.8) is 0 Å². The van der Waals surface area contributed by atoms with Crippen LogP contribution in [0.25, 0.3) is 0 Å². The van der Waals surface area contributed by atoms with Gasteiger partial charge in [0.2, 0.25) is 0 Å². The van der Waals surface area contributed by atoms with Gasteiger partial charge in [0.05, 0.1) is 0 Å². The summed E-state index contributed by atoms with van der Waals surface area (Å²) < 4.78 is 0.900. The second-order valence-corrected chi connectivity index (χ2v) is 5.73. The highest BCUT2D eigenvalue weighted by Gasteiger charge is 2.10. The van der Waals surface area contributed by atoms with Crippen molar-refractivity contribution in [1.29, 1.82) is 0 Å². The molecule has 0 bridgehead atoms. The maximum atomic E-state index is 12.2. The maximum Gasteiger partial charge on any atom is 0.167 e. The van der Waals surface area contributed by atoms with Gasteiger partial charge in [-0.15, -0.1) is 0 Å². The monoisotopic (exact) mass is 337 g/mol. The number of nitrogen functional groups attached to an aromatic ring is 1. The SMILES string of the molecule is Cc1cc(C(=O)Cc2ccc(Br)cc2Cl)ccc1N. The van der Waals surface area contributed by atoms with Crippen LogP contribution >= 0.6 is 27.5 Å². The zero-order chi connectivity index (χ0) is 14.0. The molecule has 0 fully saturated rings. The molecule has 2 rings (SSSR count). The fraction of sp³-hybridized carbons (Fsp3) is 0.133. The smallest absolute Gasteiger partial charge is 0.167 e. The molecule has 2 aromatic rings. The lowest BCUT2D eigenvalue weighted by atomic mass is 10.0. The molecule has 98 valence electrons. The summed E-state index contributed by atoms with van der Waals surface area (Å²) in [5, 5.41) is 0.592. The zero-order valence-electron chi connectivity index (χ0n) is 10.4. The fourth-order valence-electron chi connectivity index (χ4n) is 1.79. The zero-order valence-corrected chi connectivity index (χ0v) is 12.8. The van der Waals surface area contributed by atoms with Crippen molar-refractivity contribution in [2.24, 2.45) is 0 Å². The molecule has 19 heavy (non-hydrogen) atoms. The second kappa shape index (κ2) is 5.76. The van der Waals surface area contributed by atoms with Crippen LogP contribution in [-0.2, 0) is 6.42 Å². The number of benzene rings is 2. The van der Waals surface area contributed by atoms with E-state index >= 15 is 0 Å². The number of carbonyl (C=O) groups excluding carboxylic acids is 1. The van der Waals surface area contributed by atoms with E-state index < -0.39 is 0 Å². The number of halogens is 2. The summed E-state index contributed by atoms with van der Waals surface area (Å²) in [6.07, 6.45) is 0.287. The van der Waals surface area contributed by atoms with E-state index in [-0.39, 0.29) is 12.2 Å². The third-order valence-corrected chi connectivity index (χ3v) is 3.80. The lowest BCUT2D eigenvalue weighted by molar-refractivity contribution is 0.0993. The first kappa shape index (κ1) is 14.1. The number of rotatable bonds is 3. The molecule has 0 saturated heterocycles. The van der Waals surface area contributed by atoms with Gasteiger partial charge in [0, 0.05) is 27.2 Å². The average Bonchev–Trinajstić information content (AvgIpc) is 2.36. The minimum atomic E-state index is 0.0346. The molecule has 0 unspecified atom stereocenters. The van der Waals surface area contributed by atoms with Crippen LogP contribution in [0, 0.1) is 6.92 Å². The standard InChI is InChI=1S/C15H13BrClNO/c1-9-6-11(3-5-14(9)18)15(19)7-10-2-4-12(16)8-13(10)17/h2-6,8H,7,18H2,1H3. The van der Waals surface area contributed by atoms with Crippen LogP contribution in [0.4, 0.5) is 5.69 Å². The minimum Gasteiger partial charge on any atom is -0.399 e. The van der Waals surface area contributed by atoms with Gasteiger partial charge in [0.1, 0.15) is 0 Å². The van der Waals surface area contributed by atoms with Crippen molar-refractivity contribution in [3.8, 4) is 0 Å². The number of hydrogen-bond acceptors (Lipinski definition) is 2. The van der Waals surface area contributed by atoms with Crippen LogP contribution < -0.4 is 5.73 Å². The van der Waals surface area contributed by atoms with Crippen LogP contribution in [-0.4, -0.2) is 5.78 Å². The predicted octanol–water partition coefficient (Wildman–Crippen LogP) is 4.42. The third-order valence-electron chi connectivity index (χ3n) is 2.96. The Balaban J connectivity index is 2.23. The quantitative estimate of drug-likeness (QED) is 0.665. The van der Waals surface area contributed by atoms with E-state index in [1.165, 1.54) is 0 Å². The summed E-state index contributed by atoms with van der Waals surface area (Å²) in [5.41, 5.74) is 8.83. The van der Waals surface area contributed by atoms with Gasteiger partial charge in [-0.25, -0.2) is 0 Å². The summed E-state index contributed by atoms with van der Waals surface area (Å²) in [7, 11) is 0. The molecular formula is C15H13BrClNO. The van der Waals surface area contributed by atoms with E-state index in [0.29, 0.717) is 16.3 Å². The van der Waals surface area contributed by atoms with Gasteiger partial charge in [0.15, 0.2) is 5.78 Å². The molecule has 2 N–H and O–H groups in total. The molecule has 0 aliphatic heterocycles. The van der Waals surface area contributed by atoms with E-state index in [4.69, 9.17) is 17.3 Å². The molecule has 2 nitrogen and oxygen atoms in total. The van der Waals surface area contributed by atoms with Crippen molar-refractivity contribution >= 4 is 39.0 Å². The summed E-state index contributed by atoms with van der Waals surface area (Å²) in [6, 6.07) is 10.8. The Kier molecular flexibility index (Phi) is 4.27. The highest BCUT2D eigenvalue weighted by Crippen LogP contribution is 2.23. The highest BCUT2D eigenvalue weighted by molar-refractivity contribution is 9.10. The van der Waals surface area contributed by atoms with Crippen LogP contribution in [0.1, 0.15) is 21.5 Å². The number of nitrogens with two attached hydrogens (primary N) is 1. The largest absolute Gasteiger partial charge is 0.399 e. The molecule has 0 aliphatic carbocycles. The molecule has 0 aromatic heterocycles. The van der Waals surface area contributed by atoms with Crippen LogP contribution in [0.5, 0.6) is 0 Å². The normalized spacial score (nSPS) is 10.5. The van der Waals surface area contributed by atoms with Gasteiger partial charge in [0.25, 0.3) is 0 Å². The van der Waals surface area contributed by atoms with E-state index in [9.17, 15) is 4.79 Å². The van der Waals surface area contributed by atoms with E-state index in [0.717, 1.165) is 15.6 Å². The van der Waals surface area contributed by atoms with Gasteiger partial charge in [-0.3, -0.25) is 4.79 Å². The Morgan fingerprint density at radius 1 is 1.26 bits per heavy atom. The van der Waals surface area contributed by atoms with E-state index in [1.807, 2.05) is 25.1 Å². The van der Waals surface area contributed by atoms with Gasteiger partial charge >= 0.3 is 0 Å². The predicted molar refractivity (Wildman–Crippen MR) is 82.8 cm³/mol. The number of carbonyl (C=O) groups is 1. The maximum absolute atomic E-state index is 12.2. The lowest BCUT2D eigenvalue weighted by Crippen LogP contribution is -2.05. The molecule has 2 aromatic carbocycles. The molecule has 0 atom stereocenters. The van der Waals surface area contributed by atoms with Crippen LogP contribution in [0.3, 0.4) is 0 Å². The number of ketones is 1. The van der Waals surface area contributed by atoms with E-state index in [2.05, 4.69) is 15.9 Å². The summed E-state index contributed by atoms with van der Waals surface area (Å²) in [5.74, 6) is 0.0346. The summed E-state index contributed by atoms with van der Waals surface area (Å²) in [4.78, 5) is 12.2. The molecule has 0 aliphatic rings. The number of anilines is 1. The highest BCUT2D eigenvalue weighted by atomic mass is 79.9. The summed E-state index contributed by atoms with van der Waals surface area (Å²) in [6.45, 7) is 1.89. The van der Waals surface area contributed by atoms with Gasteiger partial charge in [-0.2, -0.15) is 0 Å². The fourth-order valence-corrected chi connectivity index (χ4v) is 2.53. The topological polar surface area (TPSA) is 43.1 Å². The Bertz CT molecular complexity index is 640. The first-order valence-electron chi connectivity index (χ1n) is 5.80. The molecule has 0 spiro atoms. The van der Waals surface area contributed by atoms with Crippen molar-refractivity contribution in [1.82, 2.24) is 0 Å². The van der Waals surface area contributed by atoms with E-state index in [1.54, 1.807) is 18.2 Å². The van der Waals surface area contributed by atoms with Crippen molar-refractivity contribution in [2.75, 3.05) is 5.73 Å². The van der Waals surface area contributed by atoms with Crippen LogP contribution in [0.2, 0.25) is 5.02 Å². The Hall–Kier alpha value is -1.32. The molecule has 0 heterocycles. The number of aryl methyl sites for hydroxylation is 1. The Morgan fingerprint density at radius 2 is 2.00 bits per heavy atom.